The number of rotatable bonds is 3. The van der Waals surface area contributed by atoms with Crippen molar-refractivity contribution in [3.8, 4) is 0 Å². The minimum Gasteiger partial charge on any atom is -0.469 e. The minimum absolute atomic E-state index is 0.0841. The molecule has 3 fully saturated rings. The fourth-order valence-electron chi connectivity index (χ4n) is 6.66. The Balaban J connectivity index is 1.74. The predicted octanol–water partition coefficient (Wildman–Crippen LogP) is 3.85. The van der Waals surface area contributed by atoms with Crippen molar-refractivity contribution >= 4 is 34.8 Å². The second-order valence-corrected chi connectivity index (χ2v) is 10.8. The highest BCUT2D eigenvalue weighted by Crippen LogP contribution is 2.60. The molecule has 1 aromatic rings. The lowest BCUT2D eigenvalue weighted by atomic mass is 9.46. The molecule has 7 unspecified atom stereocenters. The zero-order chi connectivity index (χ0) is 22.5. The van der Waals surface area contributed by atoms with Crippen molar-refractivity contribution in [1.29, 1.82) is 0 Å². The normalized spacial score (nSPS) is 37.5. The van der Waals surface area contributed by atoms with E-state index in [1.807, 2.05) is 12.3 Å². The largest absolute Gasteiger partial charge is 0.469 e. The maximum absolute atomic E-state index is 13.6. The number of hydrogen-bond acceptors (Lipinski definition) is 7. The number of thiophene rings is 1. The van der Waals surface area contributed by atoms with E-state index < -0.39 is 29.3 Å². The van der Waals surface area contributed by atoms with Crippen LogP contribution >= 0.6 is 11.3 Å². The van der Waals surface area contributed by atoms with Crippen molar-refractivity contribution in [3.63, 3.8) is 0 Å². The van der Waals surface area contributed by atoms with Gasteiger partial charge in [-0.05, 0) is 60.4 Å². The molecule has 0 aliphatic heterocycles. The van der Waals surface area contributed by atoms with Crippen molar-refractivity contribution in [2.45, 2.75) is 64.9 Å². The summed E-state index contributed by atoms with van der Waals surface area (Å²) in [7, 11) is 1.35. The molecule has 168 valence electrons. The summed E-state index contributed by atoms with van der Waals surface area (Å²) in [6, 6.07) is 2.09. The van der Waals surface area contributed by atoms with Crippen LogP contribution in [0, 0.1) is 36.0 Å². The summed E-state index contributed by atoms with van der Waals surface area (Å²) in [5.41, 5.74) is 0.585. The highest BCUT2D eigenvalue weighted by Gasteiger charge is 2.62. The topological polar surface area (TPSA) is 86.7 Å². The van der Waals surface area contributed by atoms with E-state index in [1.54, 1.807) is 11.3 Å². The Morgan fingerprint density at radius 1 is 1.23 bits per heavy atom. The highest BCUT2D eigenvalue weighted by atomic mass is 32.1. The molecular weight excluding hydrogens is 416 g/mol. The van der Waals surface area contributed by atoms with E-state index >= 15 is 0 Å². The van der Waals surface area contributed by atoms with E-state index in [1.165, 1.54) is 24.5 Å². The first-order valence-electron chi connectivity index (χ1n) is 11.0. The molecule has 1 heterocycles. The van der Waals surface area contributed by atoms with Gasteiger partial charge in [-0.15, -0.1) is 11.3 Å². The molecule has 0 amide bonds. The third kappa shape index (κ3) is 3.65. The number of fused-ring (bicyclic) bond motifs is 3. The van der Waals surface area contributed by atoms with Crippen LogP contribution in [0.3, 0.4) is 0 Å². The molecule has 1 aromatic heterocycles. The lowest BCUT2D eigenvalue weighted by molar-refractivity contribution is -0.183. The monoisotopic (exact) mass is 446 g/mol. The lowest BCUT2D eigenvalue weighted by Crippen LogP contribution is -2.60. The van der Waals surface area contributed by atoms with Crippen LogP contribution in [-0.4, -0.2) is 36.7 Å². The summed E-state index contributed by atoms with van der Waals surface area (Å²) in [5, 5.41) is 2.04. The Labute approximate surface area is 186 Å². The average molecular weight is 447 g/mol. The number of Topliss-reactive ketones (excluding diaryl/α,β-unsaturated/α-hetero) is 2. The van der Waals surface area contributed by atoms with Crippen LogP contribution in [0.25, 0.3) is 0 Å². The van der Waals surface area contributed by atoms with Crippen molar-refractivity contribution in [3.05, 3.63) is 21.9 Å². The third-order valence-corrected chi connectivity index (χ3v) is 8.93. The fourth-order valence-corrected chi connectivity index (χ4v) is 7.45. The molecule has 4 rings (SSSR count). The first kappa shape index (κ1) is 22.2. The molecule has 0 saturated heterocycles. The SMILES string of the molecule is COC(=O)C1CC(OC(C)=O)C(=O)C2C3CC(c4ccsc4C)CC(=O)C3CCC12C. The fraction of sp³-hybridized carbons (Fsp3) is 0.667. The Hall–Kier alpha value is -2.02. The summed E-state index contributed by atoms with van der Waals surface area (Å²) in [5.74, 6) is -2.11. The van der Waals surface area contributed by atoms with Crippen LogP contribution in [0.5, 0.6) is 0 Å². The number of carbonyl (C=O) groups is 4. The van der Waals surface area contributed by atoms with Crippen LogP contribution in [-0.2, 0) is 28.7 Å². The summed E-state index contributed by atoms with van der Waals surface area (Å²) in [6.07, 6.45) is 1.73. The maximum Gasteiger partial charge on any atom is 0.309 e. The van der Waals surface area contributed by atoms with Crippen molar-refractivity contribution < 1.29 is 28.7 Å². The average Bonchev–Trinajstić information content (AvgIpc) is 3.14. The van der Waals surface area contributed by atoms with Gasteiger partial charge in [0, 0.05) is 36.5 Å². The van der Waals surface area contributed by atoms with Crippen LogP contribution in [0.4, 0.5) is 0 Å². The van der Waals surface area contributed by atoms with E-state index in [0.717, 1.165) is 6.42 Å². The van der Waals surface area contributed by atoms with Crippen LogP contribution < -0.4 is 0 Å². The Morgan fingerprint density at radius 3 is 2.58 bits per heavy atom. The van der Waals surface area contributed by atoms with E-state index in [9.17, 15) is 19.2 Å². The smallest absolute Gasteiger partial charge is 0.309 e. The van der Waals surface area contributed by atoms with Crippen LogP contribution in [0.1, 0.15) is 62.3 Å². The molecule has 6 nitrogen and oxygen atoms in total. The van der Waals surface area contributed by atoms with Gasteiger partial charge in [-0.2, -0.15) is 0 Å². The first-order chi connectivity index (χ1) is 14.7. The number of methoxy groups -OCH3 is 1. The molecule has 0 bridgehead atoms. The summed E-state index contributed by atoms with van der Waals surface area (Å²) in [4.78, 5) is 52.4. The van der Waals surface area contributed by atoms with Gasteiger partial charge in [0.15, 0.2) is 11.9 Å². The van der Waals surface area contributed by atoms with Crippen molar-refractivity contribution in [2.24, 2.45) is 29.1 Å². The second kappa shape index (κ2) is 8.15. The first-order valence-corrected chi connectivity index (χ1v) is 11.9. The van der Waals surface area contributed by atoms with Crippen LogP contribution in [0.2, 0.25) is 0 Å². The Morgan fingerprint density at radius 2 is 1.97 bits per heavy atom. The van der Waals surface area contributed by atoms with Gasteiger partial charge < -0.3 is 9.47 Å². The lowest BCUT2D eigenvalue weighted by Gasteiger charge is -2.56. The van der Waals surface area contributed by atoms with E-state index in [2.05, 4.69) is 13.0 Å². The van der Waals surface area contributed by atoms with Crippen molar-refractivity contribution in [2.75, 3.05) is 7.11 Å². The molecule has 7 heteroatoms. The summed E-state index contributed by atoms with van der Waals surface area (Å²) >= 11 is 1.67. The zero-order valence-corrected chi connectivity index (χ0v) is 19.3. The van der Waals surface area contributed by atoms with Gasteiger partial charge in [0.05, 0.1) is 13.0 Å². The van der Waals surface area contributed by atoms with Gasteiger partial charge in [-0.1, -0.05) is 6.92 Å². The van der Waals surface area contributed by atoms with Crippen LogP contribution in [0.15, 0.2) is 11.4 Å². The maximum atomic E-state index is 13.6. The van der Waals surface area contributed by atoms with Crippen molar-refractivity contribution in [1.82, 2.24) is 0 Å². The molecule has 3 aliphatic carbocycles. The molecular formula is C24H30O6S. The van der Waals surface area contributed by atoms with E-state index in [4.69, 9.17) is 9.47 Å². The van der Waals surface area contributed by atoms with E-state index in [0.29, 0.717) is 19.3 Å². The molecule has 3 aliphatic rings. The van der Waals surface area contributed by atoms with Gasteiger partial charge in [0.25, 0.3) is 0 Å². The molecule has 31 heavy (non-hydrogen) atoms. The molecule has 0 spiro atoms. The molecule has 0 aromatic carbocycles. The van der Waals surface area contributed by atoms with Gasteiger partial charge in [0.1, 0.15) is 5.78 Å². The zero-order valence-electron chi connectivity index (χ0n) is 18.5. The number of ketones is 2. The molecule has 0 radical (unpaired) electrons. The highest BCUT2D eigenvalue weighted by molar-refractivity contribution is 7.10. The summed E-state index contributed by atoms with van der Waals surface area (Å²) in [6.45, 7) is 5.33. The third-order valence-electron chi connectivity index (χ3n) is 8.07. The van der Waals surface area contributed by atoms with E-state index in [-0.39, 0.29) is 41.7 Å². The number of hydrogen-bond donors (Lipinski definition) is 0. The number of esters is 2. The standard InChI is InChI=1S/C24H30O6S/c1-12-15(6-8-31-12)14-9-17-16(19(26)10-14)5-7-24(3)18(23(28)29-4)11-20(30-13(2)25)22(27)21(17)24/h6,8,14,16-18,20-21H,5,7,9-11H2,1-4H3. The summed E-state index contributed by atoms with van der Waals surface area (Å²) < 4.78 is 10.5. The molecule has 3 saturated carbocycles. The molecule has 0 N–H and O–H groups in total. The molecule has 7 atom stereocenters. The van der Waals surface area contributed by atoms with Gasteiger partial charge >= 0.3 is 11.9 Å². The second-order valence-electron chi connectivity index (χ2n) is 9.64. The minimum atomic E-state index is -0.961. The predicted molar refractivity (Wildman–Crippen MR) is 115 cm³/mol. The van der Waals surface area contributed by atoms with Gasteiger partial charge in [-0.25, -0.2) is 0 Å². The number of aryl methyl sites for hydroxylation is 1. The quantitative estimate of drug-likeness (QED) is 0.656. The Kier molecular flexibility index (Phi) is 5.83. The number of ether oxygens (including phenoxy) is 2. The van der Waals surface area contributed by atoms with Gasteiger partial charge in [-0.3, -0.25) is 19.2 Å². The Bertz CT molecular complexity index is 919. The number of carbonyl (C=O) groups excluding carboxylic acids is 4. The van der Waals surface area contributed by atoms with Gasteiger partial charge in [0.2, 0.25) is 0 Å².